The summed E-state index contributed by atoms with van der Waals surface area (Å²) in [6.45, 7) is 4.98. The lowest BCUT2D eigenvalue weighted by Gasteiger charge is -2.45. The maximum atomic E-state index is 12.9. The van der Waals surface area contributed by atoms with E-state index in [1.54, 1.807) is 16.2 Å². The molecule has 2 fully saturated rings. The molecule has 0 spiro atoms. The molecule has 0 radical (unpaired) electrons. The number of nitrogens with one attached hydrogen (secondary N) is 1. The van der Waals surface area contributed by atoms with Gasteiger partial charge in [-0.3, -0.25) is 14.5 Å². The van der Waals surface area contributed by atoms with Gasteiger partial charge in [-0.15, -0.1) is 11.3 Å². The lowest BCUT2D eigenvalue weighted by molar-refractivity contribution is -0.153. The van der Waals surface area contributed by atoms with Gasteiger partial charge in [0.1, 0.15) is 12.1 Å². The first kappa shape index (κ1) is 17.2. The number of fused-ring (bicyclic) bond motifs is 1. The van der Waals surface area contributed by atoms with Crippen LogP contribution in [0.25, 0.3) is 0 Å². The lowest BCUT2D eigenvalue weighted by Crippen LogP contribution is -2.69. The fraction of sp³-hybridized carbons (Fsp3) is 0.400. The maximum Gasteiger partial charge on any atom is 0.246 e. The Morgan fingerprint density at radius 3 is 2.65 bits per heavy atom. The molecule has 1 aromatic carbocycles. The van der Waals surface area contributed by atoms with E-state index in [-0.39, 0.29) is 17.9 Å². The predicted molar refractivity (Wildman–Crippen MR) is 102 cm³/mol. The number of carbonyl (C=O) groups is 2. The van der Waals surface area contributed by atoms with Crippen LogP contribution in [0.4, 0.5) is 0 Å². The van der Waals surface area contributed by atoms with E-state index in [1.807, 2.05) is 30.3 Å². The topological polar surface area (TPSA) is 52.6 Å². The summed E-state index contributed by atoms with van der Waals surface area (Å²) in [4.78, 5) is 32.2. The SMILES string of the molecule is Cc1ccc(CN2CCN3C(=O)[C@H](Cc4ccccc4)NC(=O)[C@H]3C2)s1. The number of amides is 2. The first-order valence-corrected chi connectivity index (χ1v) is 9.84. The Bertz CT molecular complexity index is 804. The molecule has 3 heterocycles. The van der Waals surface area contributed by atoms with Gasteiger partial charge >= 0.3 is 0 Å². The Kier molecular flexibility index (Phi) is 4.78. The second-order valence-electron chi connectivity index (χ2n) is 7.05. The molecule has 1 N–H and O–H groups in total. The largest absolute Gasteiger partial charge is 0.342 e. The van der Waals surface area contributed by atoms with Crippen molar-refractivity contribution in [1.82, 2.24) is 15.1 Å². The van der Waals surface area contributed by atoms with E-state index in [0.717, 1.165) is 18.7 Å². The molecule has 26 heavy (non-hydrogen) atoms. The number of benzene rings is 1. The number of nitrogens with zero attached hydrogens (tertiary/aromatic N) is 2. The summed E-state index contributed by atoms with van der Waals surface area (Å²) in [5, 5.41) is 2.95. The third-order valence-corrected chi connectivity index (χ3v) is 6.11. The van der Waals surface area contributed by atoms with Crippen LogP contribution in [0.3, 0.4) is 0 Å². The minimum absolute atomic E-state index is 0.0300. The number of hydrogen-bond donors (Lipinski definition) is 1. The number of thiophene rings is 1. The standard InChI is InChI=1S/C20H23N3O2S/c1-14-7-8-16(26-14)12-22-9-10-23-18(13-22)19(24)21-17(20(23)25)11-15-5-3-2-4-6-15/h2-8,17-18H,9-13H2,1H3,(H,21,24)/t17-,18+/m0/s1. The summed E-state index contributed by atoms with van der Waals surface area (Å²) in [7, 11) is 0. The molecule has 5 nitrogen and oxygen atoms in total. The van der Waals surface area contributed by atoms with Crippen LogP contribution >= 0.6 is 11.3 Å². The Morgan fingerprint density at radius 2 is 1.92 bits per heavy atom. The summed E-state index contributed by atoms with van der Waals surface area (Å²) in [5.41, 5.74) is 1.07. The second-order valence-corrected chi connectivity index (χ2v) is 8.42. The van der Waals surface area contributed by atoms with Crippen LogP contribution in [-0.4, -0.2) is 53.3 Å². The smallest absolute Gasteiger partial charge is 0.246 e. The molecule has 2 amide bonds. The molecule has 6 heteroatoms. The van der Waals surface area contributed by atoms with Crippen molar-refractivity contribution in [2.75, 3.05) is 19.6 Å². The van der Waals surface area contributed by atoms with Crippen molar-refractivity contribution in [2.24, 2.45) is 0 Å². The third-order valence-electron chi connectivity index (χ3n) is 5.12. The number of piperazine rings is 2. The van der Waals surface area contributed by atoms with Crippen LogP contribution < -0.4 is 5.32 Å². The van der Waals surface area contributed by atoms with Crippen molar-refractivity contribution in [3.63, 3.8) is 0 Å². The highest BCUT2D eigenvalue weighted by Crippen LogP contribution is 2.22. The van der Waals surface area contributed by atoms with Crippen molar-refractivity contribution in [3.8, 4) is 0 Å². The quantitative estimate of drug-likeness (QED) is 0.894. The van der Waals surface area contributed by atoms with Crippen molar-refractivity contribution < 1.29 is 9.59 Å². The molecule has 0 saturated carbocycles. The minimum atomic E-state index is -0.451. The van der Waals surface area contributed by atoms with Crippen LogP contribution in [-0.2, 0) is 22.6 Å². The first-order valence-electron chi connectivity index (χ1n) is 9.02. The van der Waals surface area contributed by atoms with Crippen LogP contribution in [0.15, 0.2) is 42.5 Å². The van der Waals surface area contributed by atoms with Gasteiger partial charge in [0.2, 0.25) is 11.8 Å². The molecule has 4 rings (SSSR count). The highest BCUT2D eigenvalue weighted by Gasteiger charge is 2.43. The molecular weight excluding hydrogens is 346 g/mol. The molecule has 0 aliphatic carbocycles. The lowest BCUT2D eigenvalue weighted by atomic mass is 9.98. The van der Waals surface area contributed by atoms with E-state index in [1.165, 1.54) is 9.75 Å². The number of hydrogen-bond acceptors (Lipinski definition) is 4. The van der Waals surface area contributed by atoms with Gasteiger partial charge in [0.05, 0.1) is 0 Å². The second kappa shape index (κ2) is 7.21. The van der Waals surface area contributed by atoms with Gasteiger partial charge < -0.3 is 10.2 Å². The van der Waals surface area contributed by atoms with Crippen LogP contribution in [0.5, 0.6) is 0 Å². The molecular formula is C20H23N3O2S. The zero-order valence-corrected chi connectivity index (χ0v) is 15.7. The maximum absolute atomic E-state index is 12.9. The summed E-state index contributed by atoms with van der Waals surface area (Å²) in [6.07, 6.45) is 0.548. The summed E-state index contributed by atoms with van der Waals surface area (Å²) < 4.78 is 0. The average molecular weight is 369 g/mol. The van der Waals surface area contributed by atoms with E-state index in [9.17, 15) is 9.59 Å². The van der Waals surface area contributed by atoms with E-state index in [0.29, 0.717) is 19.5 Å². The molecule has 0 unspecified atom stereocenters. The molecule has 1 aromatic heterocycles. The fourth-order valence-corrected chi connectivity index (χ4v) is 4.71. The number of carbonyl (C=O) groups excluding carboxylic acids is 2. The van der Waals surface area contributed by atoms with Crippen LogP contribution in [0, 0.1) is 6.92 Å². The number of aryl methyl sites for hydroxylation is 1. The Balaban J connectivity index is 1.42. The highest BCUT2D eigenvalue weighted by molar-refractivity contribution is 7.11. The van der Waals surface area contributed by atoms with E-state index >= 15 is 0 Å². The highest BCUT2D eigenvalue weighted by atomic mass is 32.1. The van der Waals surface area contributed by atoms with Crippen LogP contribution in [0.1, 0.15) is 15.3 Å². The molecule has 2 atom stereocenters. The molecule has 2 aromatic rings. The Hall–Kier alpha value is -2.18. The molecule has 2 aliphatic rings. The van der Waals surface area contributed by atoms with Crippen molar-refractivity contribution >= 4 is 23.2 Å². The van der Waals surface area contributed by atoms with Crippen molar-refractivity contribution in [3.05, 3.63) is 57.8 Å². The van der Waals surface area contributed by atoms with Gasteiger partial charge in [0.15, 0.2) is 0 Å². The molecule has 2 aliphatic heterocycles. The van der Waals surface area contributed by atoms with Gasteiger partial charge in [-0.25, -0.2) is 0 Å². The van der Waals surface area contributed by atoms with E-state index < -0.39 is 6.04 Å². The monoisotopic (exact) mass is 369 g/mol. The van der Waals surface area contributed by atoms with Crippen molar-refractivity contribution in [2.45, 2.75) is 32.0 Å². The molecule has 2 saturated heterocycles. The fourth-order valence-electron chi connectivity index (χ4n) is 3.78. The van der Waals surface area contributed by atoms with Gasteiger partial charge in [-0.1, -0.05) is 30.3 Å². The van der Waals surface area contributed by atoms with Gasteiger partial charge in [-0.05, 0) is 24.6 Å². The van der Waals surface area contributed by atoms with E-state index in [4.69, 9.17) is 0 Å². The third kappa shape index (κ3) is 3.52. The predicted octanol–water partition coefficient (Wildman–Crippen LogP) is 1.81. The molecule has 136 valence electrons. The minimum Gasteiger partial charge on any atom is -0.342 e. The average Bonchev–Trinajstić information content (AvgIpc) is 3.05. The van der Waals surface area contributed by atoms with Crippen molar-refractivity contribution in [1.29, 1.82) is 0 Å². The number of rotatable bonds is 4. The first-order chi connectivity index (χ1) is 12.6. The zero-order valence-electron chi connectivity index (χ0n) is 14.9. The van der Waals surface area contributed by atoms with Crippen LogP contribution in [0.2, 0.25) is 0 Å². The van der Waals surface area contributed by atoms with Gasteiger partial charge in [-0.2, -0.15) is 0 Å². The summed E-state index contributed by atoms with van der Waals surface area (Å²) >= 11 is 1.79. The van der Waals surface area contributed by atoms with E-state index in [2.05, 4.69) is 29.3 Å². The molecule has 0 bridgehead atoms. The van der Waals surface area contributed by atoms with Gasteiger partial charge in [0, 0.05) is 42.4 Å². The normalized spacial score (nSPS) is 23.7. The Labute approximate surface area is 157 Å². The zero-order chi connectivity index (χ0) is 18.1. The summed E-state index contributed by atoms with van der Waals surface area (Å²) in [5.74, 6) is 0.0164. The summed E-state index contributed by atoms with van der Waals surface area (Å²) in [6, 6.07) is 13.3. The Morgan fingerprint density at radius 1 is 1.12 bits per heavy atom. The van der Waals surface area contributed by atoms with Gasteiger partial charge in [0.25, 0.3) is 0 Å².